The molecule has 2 aromatic rings. The molecule has 0 bridgehead atoms. The fourth-order valence-corrected chi connectivity index (χ4v) is 3.13. The molecule has 3 unspecified atom stereocenters. The maximum absolute atomic E-state index is 6.59. The Kier molecular flexibility index (Phi) is 3.86. The van der Waals surface area contributed by atoms with Crippen molar-refractivity contribution in [3.05, 3.63) is 42.0 Å². The number of rotatable bonds is 3. The van der Waals surface area contributed by atoms with Crippen LogP contribution in [0.15, 0.2) is 36.4 Å². The highest BCUT2D eigenvalue weighted by atomic mass is 35.5. The Morgan fingerprint density at radius 1 is 1.15 bits per heavy atom. The molecule has 0 amide bonds. The minimum atomic E-state index is -0.0774. The first-order valence-corrected chi connectivity index (χ1v) is 7.48. The van der Waals surface area contributed by atoms with Gasteiger partial charge in [-0.25, -0.2) is 0 Å². The summed E-state index contributed by atoms with van der Waals surface area (Å²) < 4.78 is 11.1. The molecule has 1 fully saturated rings. The quantitative estimate of drug-likeness (QED) is 0.763. The van der Waals surface area contributed by atoms with Crippen LogP contribution < -0.4 is 4.74 Å². The third-order valence-corrected chi connectivity index (χ3v) is 4.51. The van der Waals surface area contributed by atoms with Crippen molar-refractivity contribution in [2.45, 2.75) is 37.4 Å². The fraction of sp³-hybridized carbons (Fsp3) is 0.412. The van der Waals surface area contributed by atoms with Gasteiger partial charge in [-0.1, -0.05) is 18.2 Å². The molecule has 1 heterocycles. The van der Waals surface area contributed by atoms with Crippen LogP contribution in [-0.2, 0) is 4.74 Å². The monoisotopic (exact) mass is 290 g/mol. The minimum Gasteiger partial charge on any atom is -0.497 e. The lowest BCUT2D eigenvalue weighted by atomic mass is 10.0. The highest BCUT2D eigenvalue weighted by Gasteiger charge is 2.29. The predicted octanol–water partition coefficient (Wildman–Crippen LogP) is 4.70. The first-order valence-electron chi connectivity index (χ1n) is 7.04. The average molecular weight is 291 g/mol. The van der Waals surface area contributed by atoms with Gasteiger partial charge in [-0.2, -0.15) is 0 Å². The van der Waals surface area contributed by atoms with Gasteiger partial charge in [0.25, 0.3) is 0 Å². The Hall–Kier alpha value is -1.25. The van der Waals surface area contributed by atoms with Crippen molar-refractivity contribution >= 4 is 22.4 Å². The van der Waals surface area contributed by atoms with Crippen LogP contribution in [0.4, 0.5) is 0 Å². The van der Waals surface area contributed by atoms with E-state index in [4.69, 9.17) is 21.1 Å². The van der Waals surface area contributed by atoms with E-state index in [-0.39, 0.29) is 11.5 Å². The van der Waals surface area contributed by atoms with Crippen LogP contribution in [0.2, 0.25) is 0 Å². The van der Waals surface area contributed by atoms with Gasteiger partial charge in [0, 0.05) is 0 Å². The lowest BCUT2D eigenvalue weighted by molar-refractivity contribution is 0.0533. The molecule has 0 spiro atoms. The van der Waals surface area contributed by atoms with Crippen molar-refractivity contribution in [2.24, 2.45) is 0 Å². The number of benzene rings is 2. The van der Waals surface area contributed by atoms with Crippen LogP contribution in [0.5, 0.6) is 5.75 Å². The zero-order chi connectivity index (χ0) is 14.1. The summed E-state index contributed by atoms with van der Waals surface area (Å²) in [6.07, 6.45) is 2.59. The molecule has 20 heavy (non-hydrogen) atoms. The van der Waals surface area contributed by atoms with E-state index < -0.39 is 0 Å². The second-order valence-corrected chi connectivity index (χ2v) is 5.91. The molecule has 3 heteroatoms. The predicted molar refractivity (Wildman–Crippen MR) is 82.7 cm³/mol. The number of halogens is 1. The molecular weight excluding hydrogens is 272 g/mol. The Balaban J connectivity index is 1.88. The summed E-state index contributed by atoms with van der Waals surface area (Å²) in [5, 5.41) is 2.27. The molecule has 0 saturated carbocycles. The molecule has 3 rings (SSSR count). The van der Waals surface area contributed by atoms with Crippen LogP contribution in [0.25, 0.3) is 10.8 Å². The molecular formula is C17H19ClO2. The zero-order valence-corrected chi connectivity index (χ0v) is 12.6. The molecule has 0 radical (unpaired) electrons. The molecule has 1 saturated heterocycles. The SMILES string of the molecule is COc1ccc2cc(C(Cl)C3CCC(C)O3)ccc2c1. The van der Waals surface area contributed by atoms with Crippen LogP contribution in [0.3, 0.4) is 0 Å². The van der Waals surface area contributed by atoms with Crippen molar-refractivity contribution < 1.29 is 9.47 Å². The van der Waals surface area contributed by atoms with E-state index in [1.165, 1.54) is 5.39 Å². The van der Waals surface area contributed by atoms with Gasteiger partial charge in [-0.3, -0.25) is 0 Å². The minimum absolute atomic E-state index is 0.0774. The normalized spacial score (nSPS) is 23.9. The highest BCUT2D eigenvalue weighted by Crippen LogP contribution is 2.36. The van der Waals surface area contributed by atoms with Gasteiger partial charge in [0.05, 0.1) is 24.7 Å². The number of hydrogen-bond acceptors (Lipinski definition) is 2. The maximum Gasteiger partial charge on any atom is 0.119 e. The summed E-state index contributed by atoms with van der Waals surface area (Å²) in [5.41, 5.74) is 1.13. The average Bonchev–Trinajstić information content (AvgIpc) is 2.92. The number of fused-ring (bicyclic) bond motifs is 1. The van der Waals surface area contributed by atoms with E-state index in [1.54, 1.807) is 7.11 Å². The maximum atomic E-state index is 6.59. The Bertz CT molecular complexity index is 611. The first-order chi connectivity index (χ1) is 9.67. The van der Waals surface area contributed by atoms with Crippen molar-refractivity contribution in [2.75, 3.05) is 7.11 Å². The van der Waals surface area contributed by atoms with E-state index >= 15 is 0 Å². The van der Waals surface area contributed by atoms with Crippen molar-refractivity contribution in [1.82, 2.24) is 0 Å². The Morgan fingerprint density at radius 3 is 2.60 bits per heavy atom. The second kappa shape index (κ2) is 5.63. The molecule has 3 atom stereocenters. The van der Waals surface area contributed by atoms with Crippen LogP contribution in [0, 0.1) is 0 Å². The van der Waals surface area contributed by atoms with Crippen LogP contribution in [0.1, 0.15) is 30.7 Å². The van der Waals surface area contributed by atoms with Crippen LogP contribution >= 0.6 is 11.6 Å². The topological polar surface area (TPSA) is 18.5 Å². The van der Waals surface area contributed by atoms with Gasteiger partial charge in [0.1, 0.15) is 5.75 Å². The van der Waals surface area contributed by atoms with E-state index in [0.29, 0.717) is 6.10 Å². The lowest BCUT2D eigenvalue weighted by Gasteiger charge is -2.18. The van der Waals surface area contributed by atoms with Crippen molar-refractivity contribution in [3.8, 4) is 5.75 Å². The largest absolute Gasteiger partial charge is 0.497 e. The fourth-order valence-electron chi connectivity index (χ4n) is 2.80. The number of alkyl halides is 1. The van der Waals surface area contributed by atoms with Gasteiger partial charge in [-0.05, 0) is 54.3 Å². The molecule has 2 nitrogen and oxygen atoms in total. The van der Waals surface area contributed by atoms with E-state index in [9.17, 15) is 0 Å². The number of methoxy groups -OCH3 is 1. The van der Waals surface area contributed by atoms with E-state index in [2.05, 4.69) is 31.2 Å². The summed E-state index contributed by atoms with van der Waals surface area (Å²) >= 11 is 6.59. The third kappa shape index (κ3) is 2.63. The number of hydrogen-bond donors (Lipinski definition) is 0. The first kappa shape index (κ1) is 13.7. The number of ether oxygens (including phenoxy) is 2. The Morgan fingerprint density at radius 2 is 1.90 bits per heavy atom. The molecule has 1 aliphatic heterocycles. The summed E-state index contributed by atoms with van der Waals surface area (Å²) in [5.74, 6) is 0.876. The highest BCUT2D eigenvalue weighted by molar-refractivity contribution is 6.21. The van der Waals surface area contributed by atoms with Crippen molar-refractivity contribution in [3.63, 3.8) is 0 Å². The molecule has 106 valence electrons. The summed E-state index contributed by atoms with van der Waals surface area (Å²) in [4.78, 5) is 0. The Labute approximate surface area is 124 Å². The van der Waals surface area contributed by atoms with Gasteiger partial charge in [0.15, 0.2) is 0 Å². The summed E-state index contributed by atoms with van der Waals surface area (Å²) in [6, 6.07) is 12.4. The van der Waals surface area contributed by atoms with Gasteiger partial charge in [-0.15, -0.1) is 11.6 Å². The van der Waals surface area contributed by atoms with Gasteiger partial charge >= 0.3 is 0 Å². The molecule has 0 aromatic heterocycles. The van der Waals surface area contributed by atoms with E-state index in [1.807, 2.05) is 12.1 Å². The molecule has 0 aliphatic carbocycles. The summed E-state index contributed by atoms with van der Waals surface area (Å²) in [7, 11) is 1.68. The molecule has 2 aromatic carbocycles. The molecule has 1 aliphatic rings. The van der Waals surface area contributed by atoms with E-state index in [0.717, 1.165) is 29.5 Å². The summed E-state index contributed by atoms with van der Waals surface area (Å²) in [6.45, 7) is 2.11. The molecule has 0 N–H and O–H groups in total. The van der Waals surface area contributed by atoms with Crippen LogP contribution in [-0.4, -0.2) is 19.3 Å². The lowest BCUT2D eigenvalue weighted by Crippen LogP contribution is -2.14. The van der Waals surface area contributed by atoms with Gasteiger partial charge < -0.3 is 9.47 Å². The standard InChI is InChI=1S/C17H19ClO2/c1-11-3-8-16(20-11)17(18)14-5-4-13-10-15(19-2)7-6-12(13)9-14/h4-7,9-11,16-17H,3,8H2,1-2H3. The second-order valence-electron chi connectivity index (χ2n) is 5.44. The van der Waals surface area contributed by atoms with Gasteiger partial charge in [0.2, 0.25) is 0 Å². The van der Waals surface area contributed by atoms with Crippen molar-refractivity contribution in [1.29, 1.82) is 0 Å². The third-order valence-electron chi connectivity index (χ3n) is 3.98. The smallest absolute Gasteiger partial charge is 0.119 e. The zero-order valence-electron chi connectivity index (χ0n) is 11.8.